The number of amides is 2. The minimum Gasteiger partial charge on any atom is -0.459 e. The van der Waals surface area contributed by atoms with Crippen molar-refractivity contribution in [3.63, 3.8) is 0 Å². The smallest absolute Gasteiger partial charge is 0.408 e. The number of carbonyl (C=O) groups excluding carboxylic acids is 3. The Morgan fingerprint density at radius 2 is 1.40 bits per heavy atom. The van der Waals surface area contributed by atoms with Crippen LogP contribution in [0, 0.1) is 5.92 Å². The van der Waals surface area contributed by atoms with Crippen LogP contribution in [-0.2, 0) is 32.1 Å². The Bertz CT molecular complexity index is 970. The van der Waals surface area contributed by atoms with Crippen molar-refractivity contribution in [2.45, 2.75) is 78.2 Å². The van der Waals surface area contributed by atoms with Gasteiger partial charge < -0.3 is 20.1 Å². The summed E-state index contributed by atoms with van der Waals surface area (Å²) in [6, 6.07) is 17.8. The standard InChI is InChI=1S/C28H38N2O5/c1-20(2)18-28(6,25(32)34-19-22-15-11-8-12-16-22)30-24(31)23(17-21-13-9-7-10-14-21)29-26(33)35-27(3,4)5/h7-16,20,23H,17-19H2,1-6H3,(H,29,33)(H,30,31)/t23-,28+/m1/s1. The summed E-state index contributed by atoms with van der Waals surface area (Å²) < 4.78 is 10.9. The second-order valence-electron chi connectivity index (χ2n) is 10.4. The van der Waals surface area contributed by atoms with E-state index in [0.29, 0.717) is 6.42 Å². The highest BCUT2D eigenvalue weighted by molar-refractivity contribution is 5.92. The molecule has 7 heteroatoms. The quantitative estimate of drug-likeness (QED) is 0.475. The Labute approximate surface area is 208 Å². The highest BCUT2D eigenvalue weighted by atomic mass is 16.6. The van der Waals surface area contributed by atoms with E-state index in [1.54, 1.807) is 27.7 Å². The lowest BCUT2D eigenvalue weighted by molar-refractivity contribution is -0.155. The lowest BCUT2D eigenvalue weighted by atomic mass is 9.90. The number of carbonyl (C=O) groups is 3. The number of alkyl carbamates (subject to hydrolysis) is 1. The van der Waals surface area contributed by atoms with Crippen LogP contribution in [0.3, 0.4) is 0 Å². The van der Waals surface area contributed by atoms with Crippen LogP contribution in [0.15, 0.2) is 60.7 Å². The van der Waals surface area contributed by atoms with E-state index in [1.807, 2.05) is 74.5 Å². The van der Waals surface area contributed by atoms with Crippen LogP contribution in [-0.4, -0.2) is 35.2 Å². The summed E-state index contributed by atoms with van der Waals surface area (Å²) in [5, 5.41) is 5.53. The van der Waals surface area contributed by atoms with Crippen molar-refractivity contribution in [3.8, 4) is 0 Å². The van der Waals surface area contributed by atoms with Crippen molar-refractivity contribution in [3.05, 3.63) is 71.8 Å². The van der Waals surface area contributed by atoms with Gasteiger partial charge in [-0.1, -0.05) is 74.5 Å². The fourth-order valence-corrected chi connectivity index (χ4v) is 3.75. The average Bonchev–Trinajstić information content (AvgIpc) is 2.76. The molecule has 0 heterocycles. The third-order valence-electron chi connectivity index (χ3n) is 5.17. The van der Waals surface area contributed by atoms with Gasteiger partial charge in [-0.15, -0.1) is 0 Å². The van der Waals surface area contributed by atoms with Gasteiger partial charge in [0.1, 0.15) is 23.8 Å². The third kappa shape index (κ3) is 9.81. The normalized spacial score (nSPS) is 13.9. The van der Waals surface area contributed by atoms with Crippen LogP contribution in [0.2, 0.25) is 0 Å². The molecular weight excluding hydrogens is 444 g/mol. The van der Waals surface area contributed by atoms with Crippen molar-refractivity contribution >= 4 is 18.0 Å². The van der Waals surface area contributed by atoms with Crippen LogP contribution in [0.25, 0.3) is 0 Å². The van der Waals surface area contributed by atoms with E-state index in [-0.39, 0.29) is 18.9 Å². The molecule has 0 aliphatic carbocycles. The summed E-state index contributed by atoms with van der Waals surface area (Å²) in [6.07, 6.45) is -0.0923. The summed E-state index contributed by atoms with van der Waals surface area (Å²) in [7, 11) is 0. The van der Waals surface area contributed by atoms with Crippen molar-refractivity contribution in [2.75, 3.05) is 0 Å². The molecule has 7 nitrogen and oxygen atoms in total. The lowest BCUT2D eigenvalue weighted by Gasteiger charge is -2.32. The van der Waals surface area contributed by atoms with E-state index in [0.717, 1.165) is 11.1 Å². The monoisotopic (exact) mass is 482 g/mol. The minimum absolute atomic E-state index is 0.104. The van der Waals surface area contributed by atoms with Gasteiger partial charge in [-0.25, -0.2) is 9.59 Å². The van der Waals surface area contributed by atoms with Crippen LogP contribution >= 0.6 is 0 Å². The molecule has 0 aliphatic heterocycles. The molecule has 2 aromatic rings. The Balaban J connectivity index is 2.21. The number of nitrogens with one attached hydrogen (secondary N) is 2. The zero-order valence-corrected chi connectivity index (χ0v) is 21.6. The summed E-state index contributed by atoms with van der Waals surface area (Å²) in [4.78, 5) is 39.1. The molecule has 2 atom stereocenters. The van der Waals surface area contributed by atoms with Gasteiger partial charge in [0, 0.05) is 6.42 Å². The van der Waals surface area contributed by atoms with E-state index in [9.17, 15) is 14.4 Å². The van der Waals surface area contributed by atoms with E-state index in [4.69, 9.17) is 9.47 Å². The summed E-state index contributed by atoms with van der Waals surface area (Å²) in [6.45, 7) is 11.0. The van der Waals surface area contributed by atoms with Gasteiger partial charge in [-0.2, -0.15) is 0 Å². The first-order valence-corrected chi connectivity index (χ1v) is 11.9. The molecule has 0 saturated carbocycles. The molecule has 0 aliphatic rings. The van der Waals surface area contributed by atoms with Gasteiger partial charge in [0.05, 0.1) is 0 Å². The highest BCUT2D eigenvalue weighted by Crippen LogP contribution is 2.20. The van der Waals surface area contributed by atoms with Crippen LogP contribution in [0.4, 0.5) is 4.79 Å². The maximum absolute atomic E-state index is 13.4. The first kappa shape index (κ1) is 27.9. The fourth-order valence-electron chi connectivity index (χ4n) is 3.75. The molecule has 2 N–H and O–H groups in total. The molecule has 2 amide bonds. The van der Waals surface area contributed by atoms with Crippen LogP contribution in [0.1, 0.15) is 59.1 Å². The van der Waals surface area contributed by atoms with Crippen LogP contribution in [0.5, 0.6) is 0 Å². The number of rotatable bonds is 10. The number of hydrogen-bond acceptors (Lipinski definition) is 5. The molecule has 0 aromatic heterocycles. The Kier molecular flexibility index (Phi) is 9.87. The van der Waals surface area contributed by atoms with E-state index >= 15 is 0 Å². The molecule has 0 saturated heterocycles. The summed E-state index contributed by atoms with van der Waals surface area (Å²) in [5.41, 5.74) is -0.274. The third-order valence-corrected chi connectivity index (χ3v) is 5.17. The van der Waals surface area contributed by atoms with Crippen molar-refractivity contribution < 1.29 is 23.9 Å². The molecule has 0 spiro atoms. The second-order valence-corrected chi connectivity index (χ2v) is 10.4. The first-order chi connectivity index (χ1) is 16.4. The fraction of sp³-hybridized carbons (Fsp3) is 0.464. The molecule has 2 rings (SSSR count). The first-order valence-electron chi connectivity index (χ1n) is 11.9. The topological polar surface area (TPSA) is 93.7 Å². The Hall–Kier alpha value is -3.35. The van der Waals surface area contributed by atoms with Gasteiger partial charge in [-0.05, 0) is 51.2 Å². The molecule has 0 bridgehead atoms. The van der Waals surface area contributed by atoms with Gasteiger partial charge in [0.2, 0.25) is 5.91 Å². The molecule has 0 radical (unpaired) electrons. The average molecular weight is 483 g/mol. The Morgan fingerprint density at radius 1 is 0.857 bits per heavy atom. The molecule has 0 fully saturated rings. The summed E-state index contributed by atoms with van der Waals surface area (Å²) in [5.74, 6) is -0.908. The van der Waals surface area contributed by atoms with Crippen molar-refractivity contribution in [1.29, 1.82) is 0 Å². The van der Waals surface area contributed by atoms with Gasteiger partial charge >= 0.3 is 12.1 Å². The summed E-state index contributed by atoms with van der Waals surface area (Å²) >= 11 is 0. The largest absolute Gasteiger partial charge is 0.459 e. The second kappa shape index (κ2) is 12.4. The maximum atomic E-state index is 13.4. The maximum Gasteiger partial charge on any atom is 0.408 e. The van der Waals surface area contributed by atoms with E-state index < -0.39 is 35.2 Å². The van der Waals surface area contributed by atoms with E-state index in [2.05, 4.69) is 10.6 Å². The van der Waals surface area contributed by atoms with Crippen molar-refractivity contribution in [2.24, 2.45) is 5.92 Å². The molecule has 35 heavy (non-hydrogen) atoms. The molecule has 190 valence electrons. The number of hydrogen-bond donors (Lipinski definition) is 2. The van der Waals surface area contributed by atoms with Gasteiger partial charge in [-0.3, -0.25) is 4.79 Å². The predicted octanol–water partition coefficient (Wildman–Crippen LogP) is 4.79. The number of benzene rings is 2. The Morgan fingerprint density at radius 3 is 1.91 bits per heavy atom. The molecule has 2 aromatic carbocycles. The van der Waals surface area contributed by atoms with Crippen LogP contribution < -0.4 is 10.6 Å². The predicted molar refractivity (Wildman–Crippen MR) is 136 cm³/mol. The van der Waals surface area contributed by atoms with E-state index in [1.165, 1.54) is 0 Å². The zero-order chi connectivity index (χ0) is 26.1. The lowest BCUT2D eigenvalue weighted by Crippen LogP contribution is -2.59. The zero-order valence-electron chi connectivity index (χ0n) is 21.6. The SMILES string of the molecule is CC(C)C[C@](C)(NC(=O)[C@@H](Cc1ccccc1)NC(=O)OC(C)(C)C)C(=O)OCc1ccccc1. The van der Waals surface area contributed by atoms with Gasteiger partial charge in [0.15, 0.2) is 0 Å². The number of ether oxygens (including phenoxy) is 2. The molecular formula is C28H38N2O5. The van der Waals surface area contributed by atoms with Gasteiger partial charge in [0.25, 0.3) is 0 Å². The number of esters is 1. The van der Waals surface area contributed by atoms with Crippen molar-refractivity contribution in [1.82, 2.24) is 10.6 Å². The minimum atomic E-state index is -1.27. The highest BCUT2D eigenvalue weighted by Gasteiger charge is 2.39. The molecule has 0 unspecified atom stereocenters.